The smallest absolute Gasteiger partial charge is 0.319 e. The summed E-state index contributed by atoms with van der Waals surface area (Å²) in [7, 11) is 1.33. The predicted octanol–water partition coefficient (Wildman–Crippen LogP) is 1.77. The highest BCUT2D eigenvalue weighted by atomic mass is 35.5. The van der Waals surface area contributed by atoms with Crippen LogP contribution < -0.4 is 4.74 Å². The molecule has 0 aromatic heterocycles. The lowest BCUT2D eigenvalue weighted by Crippen LogP contribution is -2.30. The van der Waals surface area contributed by atoms with Gasteiger partial charge < -0.3 is 9.47 Å². The second-order valence-electron chi connectivity index (χ2n) is 4.53. The fourth-order valence-corrected chi connectivity index (χ4v) is 2.48. The van der Waals surface area contributed by atoms with Gasteiger partial charge in [0.1, 0.15) is 5.75 Å². The molecule has 1 heterocycles. The summed E-state index contributed by atoms with van der Waals surface area (Å²) in [5.74, 6) is 0.446. The lowest BCUT2D eigenvalue weighted by molar-refractivity contribution is -0.141. The number of benzene rings is 1. The van der Waals surface area contributed by atoms with Gasteiger partial charge in [-0.05, 0) is 17.7 Å². The van der Waals surface area contributed by atoms with E-state index < -0.39 is 0 Å². The van der Waals surface area contributed by atoms with Gasteiger partial charge in [0, 0.05) is 23.6 Å². The lowest BCUT2D eigenvalue weighted by Gasteiger charge is -2.19. The van der Waals surface area contributed by atoms with Crippen LogP contribution in [0.25, 0.3) is 0 Å². The number of carbonyl (C=O) groups is 1. The van der Waals surface area contributed by atoms with Crippen molar-refractivity contribution in [1.82, 2.24) is 4.90 Å². The Morgan fingerprint density at radius 2 is 2.40 bits per heavy atom. The maximum atomic E-state index is 11.4. The average Bonchev–Trinajstić information content (AvgIpc) is 2.86. The molecule has 1 aromatic rings. The maximum Gasteiger partial charge on any atom is 0.319 e. The van der Waals surface area contributed by atoms with Crippen molar-refractivity contribution in [3.63, 3.8) is 0 Å². The van der Waals surface area contributed by atoms with E-state index in [0.29, 0.717) is 18.2 Å². The van der Waals surface area contributed by atoms with Crippen LogP contribution in [0.15, 0.2) is 12.1 Å². The van der Waals surface area contributed by atoms with Crippen LogP contribution in [0.3, 0.4) is 0 Å². The third-order valence-electron chi connectivity index (χ3n) is 3.09. The summed E-state index contributed by atoms with van der Waals surface area (Å²) < 4.78 is 10.2. The number of hydrogen-bond acceptors (Lipinski definition) is 5. The molecule has 0 fully saturated rings. The molecular formula is C14H15ClN2O3. The van der Waals surface area contributed by atoms with Crippen LogP contribution in [-0.2, 0) is 22.5 Å². The van der Waals surface area contributed by atoms with Gasteiger partial charge >= 0.3 is 5.97 Å². The fraction of sp³-hybridized carbons (Fsp3) is 0.429. The topological polar surface area (TPSA) is 62.6 Å². The Morgan fingerprint density at radius 3 is 3.10 bits per heavy atom. The molecule has 0 atom stereocenters. The van der Waals surface area contributed by atoms with Gasteiger partial charge in [0.2, 0.25) is 0 Å². The number of ether oxygens (including phenoxy) is 2. The summed E-state index contributed by atoms with van der Waals surface area (Å²) in [6.45, 7) is 1.26. The molecule has 0 saturated carbocycles. The molecule has 0 amide bonds. The van der Waals surface area contributed by atoms with Crippen molar-refractivity contribution in [3.8, 4) is 11.8 Å². The van der Waals surface area contributed by atoms with E-state index in [1.807, 2.05) is 18.2 Å². The Bertz CT molecular complexity index is 554. The summed E-state index contributed by atoms with van der Waals surface area (Å²) in [6.07, 6.45) is 0.831. The molecular weight excluding hydrogens is 280 g/mol. The maximum absolute atomic E-state index is 11.4. The molecule has 0 radical (unpaired) electrons. The molecule has 1 aliphatic heterocycles. The van der Waals surface area contributed by atoms with Crippen LogP contribution in [0.5, 0.6) is 5.75 Å². The van der Waals surface area contributed by atoms with Gasteiger partial charge in [0.25, 0.3) is 0 Å². The number of carbonyl (C=O) groups excluding carboxylic acids is 1. The number of nitriles is 1. The van der Waals surface area contributed by atoms with E-state index >= 15 is 0 Å². The molecule has 6 heteroatoms. The molecule has 0 N–H and O–H groups in total. The average molecular weight is 295 g/mol. The van der Waals surface area contributed by atoms with Gasteiger partial charge in [-0.3, -0.25) is 9.69 Å². The molecule has 20 heavy (non-hydrogen) atoms. The highest BCUT2D eigenvalue weighted by molar-refractivity contribution is 6.30. The summed E-state index contributed by atoms with van der Waals surface area (Å²) in [5.41, 5.74) is 1.96. The number of esters is 1. The summed E-state index contributed by atoms with van der Waals surface area (Å²) >= 11 is 6.09. The third-order valence-corrected chi connectivity index (χ3v) is 3.31. The number of hydrogen-bond donors (Lipinski definition) is 0. The van der Waals surface area contributed by atoms with E-state index in [2.05, 4.69) is 4.74 Å². The number of halogens is 1. The van der Waals surface area contributed by atoms with Crippen LogP contribution in [0.1, 0.15) is 11.1 Å². The molecule has 106 valence electrons. The Labute approximate surface area is 122 Å². The van der Waals surface area contributed by atoms with Crippen LogP contribution in [0.4, 0.5) is 0 Å². The molecule has 2 rings (SSSR count). The van der Waals surface area contributed by atoms with Gasteiger partial charge in [-0.2, -0.15) is 5.26 Å². The Balaban J connectivity index is 2.18. The molecule has 1 aliphatic rings. The zero-order valence-corrected chi connectivity index (χ0v) is 11.9. The van der Waals surface area contributed by atoms with Crippen LogP contribution in [0, 0.1) is 11.3 Å². The van der Waals surface area contributed by atoms with Gasteiger partial charge in [-0.25, -0.2) is 0 Å². The summed E-state index contributed by atoms with van der Waals surface area (Å²) in [4.78, 5) is 13.1. The second-order valence-corrected chi connectivity index (χ2v) is 4.97. The van der Waals surface area contributed by atoms with Crippen molar-refractivity contribution in [1.29, 1.82) is 5.26 Å². The summed E-state index contributed by atoms with van der Waals surface area (Å²) in [5, 5.41) is 9.49. The lowest BCUT2D eigenvalue weighted by atomic mass is 10.1. The number of nitrogens with zero attached hydrogens (tertiary/aromatic N) is 2. The molecule has 5 nitrogen and oxygen atoms in total. The van der Waals surface area contributed by atoms with E-state index in [0.717, 1.165) is 23.3 Å². The fourth-order valence-electron chi connectivity index (χ4n) is 2.22. The largest absolute Gasteiger partial charge is 0.493 e. The molecule has 1 aromatic carbocycles. The van der Waals surface area contributed by atoms with Gasteiger partial charge in [0.15, 0.2) is 0 Å². The van der Waals surface area contributed by atoms with Crippen molar-refractivity contribution >= 4 is 17.6 Å². The quantitative estimate of drug-likeness (QED) is 0.612. The third kappa shape index (κ3) is 3.41. The van der Waals surface area contributed by atoms with E-state index in [9.17, 15) is 4.79 Å². The van der Waals surface area contributed by atoms with Crippen molar-refractivity contribution in [2.24, 2.45) is 0 Å². The van der Waals surface area contributed by atoms with Crippen LogP contribution in [-0.4, -0.2) is 37.7 Å². The second kappa shape index (κ2) is 6.60. The highest BCUT2D eigenvalue weighted by Gasteiger charge is 2.20. The first-order chi connectivity index (χ1) is 9.63. The zero-order valence-electron chi connectivity index (χ0n) is 11.2. The molecule has 0 saturated heterocycles. The number of methoxy groups -OCH3 is 1. The Kier molecular flexibility index (Phi) is 4.83. The van der Waals surface area contributed by atoms with Crippen molar-refractivity contribution in [2.75, 3.05) is 26.8 Å². The van der Waals surface area contributed by atoms with Gasteiger partial charge in [0.05, 0.1) is 32.9 Å². The minimum Gasteiger partial charge on any atom is -0.493 e. The minimum absolute atomic E-state index is 0.0609. The molecule has 0 spiro atoms. The SMILES string of the molecule is COC(=O)CN(CC#N)Cc1cc(Cl)cc2c1OCC2. The first-order valence-electron chi connectivity index (χ1n) is 6.24. The first-order valence-corrected chi connectivity index (χ1v) is 6.62. The zero-order chi connectivity index (χ0) is 14.5. The number of rotatable bonds is 5. The van der Waals surface area contributed by atoms with E-state index in [1.165, 1.54) is 7.11 Å². The van der Waals surface area contributed by atoms with E-state index in [4.69, 9.17) is 21.6 Å². The number of fused-ring (bicyclic) bond motifs is 1. The van der Waals surface area contributed by atoms with Crippen molar-refractivity contribution < 1.29 is 14.3 Å². The highest BCUT2D eigenvalue weighted by Crippen LogP contribution is 2.33. The van der Waals surface area contributed by atoms with Crippen LogP contribution in [0.2, 0.25) is 5.02 Å². The van der Waals surface area contributed by atoms with E-state index in [-0.39, 0.29) is 19.1 Å². The normalized spacial score (nSPS) is 12.7. The van der Waals surface area contributed by atoms with Gasteiger partial charge in [-0.15, -0.1) is 0 Å². The molecule has 0 bridgehead atoms. The molecule has 0 aliphatic carbocycles. The molecule has 0 unspecified atom stereocenters. The predicted molar refractivity (Wildman–Crippen MR) is 73.6 cm³/mol. The van der Waals surface area contributed by atoms with Crippen LogP contribution >= 0.6 is 11.6 Å². The Hall–Kier alpha value is -1.77. The summed E-state index contributed by atoms with van der Waals surface area (Å²) in [6, 6.07) is 5.75. The monoisotopic (exact) mass is 294 g/mol. The van der Waals surface area contributed by atoms with Crippen molar-refractivity contribution in [3.05, 3.63) is 28.3 Å². The van der Waals surface area contributed by atoms with E-state index in [1.54, 1.807) is 4.90 Å². The standard InChI is InChI=1S/C14H15ClN2O3/c1-19-13(18)9-17(4-3-16)8-11-7-12(15)6-10-2-5-20-14(10)11/h6-7H,2,4-5,8-9H2,1H3. The Morgan fingerprint density at radius 1 is 1.60 bits per heavy atom. The first kappa shape index (κ1) is 14.6. The van der Waals surface area contributed by atoms with Crippen molar-refractivity contribution in [2.45, 2.75) is 13.0 Å². The van der Waals surface area contributed by atoms with Gasteiger partial charge in [-0.1, -0.05) is 11.6 Å². The minimum atomic E-state index is -0.375.